The number of anilines is 1. The van der Waals surface area contributed by atoms with E-state index >= 15 is 0 Å². The van der Waals surface area contributed by atoms with E-state index in [4.69, 9.17) is 4.55 Å². The van der Waals surface area contributed by atoms with Crippen LogP contribution in [0.3, 0.4) is 0 Å². The topological polar surface area (TPSA) is 53.4 Å². The van der Waals surface area contributed by atoms with Crippen LogP contribution in [0, 0.1) is 0 Å². The second-order valence-electron chi connectivity index (χ2n) is 4.46. The molecule has 5 heteroatoms. The number of aromatic nitrogens is 1. The molecule has 0 saturated heterocycles. The summed E-state index contributed by atoms with van der Waals surface area (Å²) in [5.41, 5.74) is 3.71. The lowest BCUT2D eigenvalue weighted by Gasteiger charge is -2.13. The molecule has 100 valence electrons. The van der Waals surface area contributed by atoms with Gasteiger partial charge in [-0.3, -0.25) is 4.98 Å². The predicted octanol–water partition coefficient (Wildman–Crippen LogP) is 2.54. The zero-order valence-electron chi connectivity index (χ0n) is 10.9. The molecule has 1 heterocycles. The van der Waals surface area contributed by atoms with E-state index in [9.17, 15) is 4.21 Å². The normalized spacial score (nSPS) is 12.2. The highest BCUT2D eigenvalue weighted by molar-refractivity contribution is 7.78. The molecule has 0 saturated carbocycles. The fourth-order valence-electron chi connectivity index (χ4n) is 1.82. The van der Waals surface area contributed by atoms with Gasteiger partial charge in [0.25, 0.3) is 0 Å². The average molecular weight is 276 g/mol. The van der Waals surface area contributed by atoms with Gasteiger partial charge in [0.1, 0.15) is 0 Å². The maximum atomic E-state index is 10.8. The summed E-state index contributed by atoms with van der Waals surface area (Å²) >= 11 is -1.82. The van der Waals surface area contributed by atoms with Crippen molar-refractivity contribution >= 4 is 16.8 Å². The number of nitrogens with zero attached hydrogens (tertiary/aromatic N) is 2. The van der Waals surface area contributed by atoms with Crippen molar-refractivity contribution in [2.75, 3.05) is 19.0 Å². The molecule has 1 N–H and O–H groups in total. The molecule has 0 radical (unpaired) electrons. The first-order valence-corrected chi connectivity index (χ1v) is 7.14. The standard InChI is InChI=1S/C14H16N2O2S/c1-16(2)13-6-7-15-14(9-13)12-5-3-4-11(8-12)10-19(17)18/h3-9H,10H2,1-2H3,(H,17,18). The summed E-state index contributed by atoms with van der Waals surface area (Å²) in [5.74, 6) is 0.140. The summed E-state index contributed by atoms with van der Waals surface area (Å²) in [6.07, 6.45) is 1.77. The van der Waals surface area contributed by atoms with Gasteiger partial charge in [-0.25, -0.2) is 4.21 Å². The van der Waals surface area contributed by atoms with Gasteiger partial charge in [-0.15, -0.1) is 0 Å². The molecule has 4 nitrogen and oxygen atoms in total. The number of hydrogen-bond acceptors (Lipinski definition) is 3. The average Bonchev–Trinajstić information content (AvgIpc) is 2.38. The quantitative estimate of drug-likeness (QED) is 0.872. The second kappa shape index (κ2) is 5.95. The van der Waals surface area contributed by atoms with E-state index in [2.05, 4.69) is 4.98 Å². The molecule has 0 aliphatic rings. The van der Waals surface area contributed by atoms with Crippen LogP contribution in [0.15, 0.2) is 42.6 Å². The van der Waals surface area contributed by atoms with Gasteiger partial charge in [-0.1, -0.05) is 18.2 Å². The molecular weight excluding hydrogens is 260 g/mol. The van der Waals surface area contributed by atoms with Gasteiger partial charge in [-0.05, 0) is 23.8 Å². The van der Waals surface area contributed by atoms with Crippen molar-refractivity contribution in [3.8, 4) is 11.3 Å². The van der Waals surface area contributed by atoms with E-state index < -0.39 is 11.1 Å². The van der Waals surface area contributed by atoms with E-state index in [0.29, 0.717) is 0 Å². The minimum Gasteiger partial charge on any atom is -0.378 e. The van der Waals surface area contributed by atoms with Crippen molar-refractivity contribution in [3.63, 3.8) is 0 Å². The summed E-state index contributed by atoms with van der Waals surface area (Å²) in [6.45, 7) is 0. The Bertz CT molecular complexity index is 600. The lowest BCUT2D eigenvalue weighted by atomic mass is 10.1. The molecule has 1 unspecified atom stereocenters. The number of pyridine rings is 1. The van der Waals surface area contributed by atoms with Crippen LogP contribution in [0.1, 0.15) is 5.56 Å². The lowest BCUT2D eigenvalue weighted by molar-refractivity contribution is 0.563. The van der Waals surface area contributed by atoms with Crippen LogP contribution in [0.5, 0.6) is 0 Å². The number of hydrogen-bond donors (Lipinski definition) is 1. The lowest BCUT2D eigenvalue weighted by Crippen LogP contribution is -2.08. The SMILES string of the molecule is CN(C)c1ccnc(-c2cccc(CS(=O)O)c2)c1. The first-order valence-electron chi connectivity index (χ1n) is 5.86. The maximum Gasteiger partial charge on any atom is 0.157 e. The molecule has 1 aromatic carbocycles. The van der Waals surface area contributed by atoms with Gasteiger partial charge in [0.05, 0.1) is 11.4 Å². The largest absolute Gasteiger partial charge is 0.378 e. The van der Waals surface area contributed by atoms with Crippen molar-refractivity contribution < 1.29 is 8.76 Å². The molecule has 19 heavy (non-hydrogen) atoms. The molecular formula is C14H16N2O2S. The van der Waals surface area contributed by atoms with Crippen molar-refractivity contribution in [1.29, 1.82) is 0 Å². The molecule has 0 bridgehead atoms. The van der Waals surface area contributed by atoms with Crippen molar-refractivity contribution in [1.82, 2.24) is 4.98 Å². The Kier molecular flexibility index (Phi) is 4.29. The predicted molar refractivity (Wildman–Crippen MR) is 78.5 cm³/mol. The third-order valence-corrected chi connectivity index (χ3v) is 3.35. The van der Waals surface area contributed by atoms with Gasteiger partial charge in [-0.2, -0.15) is 0 Å². The summed E-state index contributed by atoms with van der Waals surface area (Å²) in [5, 5.41) is 0. The van der Waals surface area contributed by atoms with E-state index in [1.807, 2.05) is 55.4 Å². The zero-order valence-corrected chi connectivity index (χ0v) is 11.7. The van der Waals surface area contributed by atoms with Crippen molar-refractivity contribution in [2.45, 2.75) is 5.75 Å². The highest BCUT2D eigenvalue weighted by atomic mass is 32.2. The van der Waals surface area contributed by atoms with E-state index in [-0.39, 0.29) is 5.75 Å². The summed E-state index contributed by atoms with van der Waals surface area (Å²) in [4.78, 5) is 6.36. The zero-order chi connectivity index (χ0) is 13.8. The Labute approximate surface area is 115 Å². The second-order valence-corrected chi connectivity index (χ2v) is 5.39. The van der Waals surface area contributed by atoms with Crippen LogP contribution in [-0.2, 0) is 16.8 Å². The van der Waals surface area contributed by atoms with Gasteiger partial charge < -0.3 is 9.45 Å². The molecule has 1 aromatic heterocycles. The summed E-state index contributed by atoms with van der Waals surface area (Å²) in [7, 11) is 3.95. The van der Waals surface area contributed by atoms with Crippen molar-refractivity contribution in [2.24, 2.45) is 0 Å². The number of rotatable bonds is 4. The van der Waals surface area contributed by atoms with Crippen LogP contribution in [0.2, 0.25) is 0 Å². The molecule has 1 atom stereocenters. The van der Waals surface area contributed by atoms with Crippen molar-refractivity contribution in [3.05, 3.63) is 48.2 Å². The Balaban J connectivity index is 2.36. The molecule has 0 aliphatic carbocycles. The van der Waals surface area contributed by atoms with Crippen LogP contribution < -0.4 is 4.90 Å². The minimum absolute atomic E-state index is 0.140. The van der Waals surface area contributed by atoms with Crippen LogP contribution in [0.25, 0.3) is 11.3 Å². The van der Waals surface area contributed by atoms with E-state index in [0.717, 1.165) is 22.5 Å². The van der Waals surface area contributed by atoms with E-state index in [1.165, 1.54) is 0 Å². The Hall–Kier alpha value is -1.72. The van der Waals surface area contributed by atoms with Crippen LogP contribution >= 0.6 is 0 Å². The van der Waals surface area contributed by atoms with E-state index in [1.54, 1.807) is 6.20 Å². The summed E-state index contributed by atoms with van der Waals surface area (Å²) in [6, 6.07) is 11.5. The summed E-state index contributed by atoms with van der Waals surface area (Å²) < 4.78 is 19.8. The monoisotopic (exact) mass is 276 g/mol. The fourth-order valence-corrected chi connectivity index (χ4v) is 2.28. The Morgan fingerprint density at radius 3 is 2.74 bits per heavy atom. The highest BCUT2D eigenvalue weighted by Crippen LogP contribution is 2.22. The highest BCUT2D eigenvalue weighted by Gasteiger charge is 2.04. The smallest absolute Gasteiger partial charge is 0.157 e. The fraction of sp³-hybridized carbons (Fsp3) is 0.214. The third kappa shape index (κ3) is 3.62. The Morgan fingerprint density at radius 2 is 2.05 bits per heavy atom. The maximum absolute atomic E-state index is 10.8. The molecule has 0 spiro atoms. The Morgan fingerprint density at radius 1 is 1.26 bits per heavy atom. The molecule has 0 amide bonds. The third-order valence-electron chi connectivity index (χ3n) is 2.77. The first-order chi connectivity index (χ1) is 9.06. The molecule has 0 fully saturated rings. The molecule has 0 aliphatic heterocycles. The molecule has 2 aromatic rings. The van der Waals surface area contributed by atoms with Gasteiger partial charge >= 0.3 is 0 Å². The van der Waals surface area contributed by atoms with Gasteiger partial charge in [0, 0.05) is 31.5 Å². The van der Waals surface area contributed by atoms with Gasteiger partial charge in [0.15, 0.2) is 11.1 Å². The molecule has 2 rings (SSSR count). The first kappa shape index (κ1) is 13.7. The van der Waals surface area contributed by atoms with Crippen LogP contribution in [0.4, 0.5) is 5.69 Å². The van der Waals surface area contributed by atoms with Gasteiger partial charge in [0.2, 0.25) is 0 Å². The van der Waals surface area contributed by atoms with Crippen LogP contribution in [-0.4, -0.2) is 27.8 Å². The number of benzene rings is 1. The minimum atomic E-state index is -1.82.